The van der Waals surface area contributed by atoms with Gasteiger partial charge in [-0.3, -0.25) is 4.79 Å². The van der Waals surface area contributed by atoms with Crippen LogP contribution >= 0.6 is 0 Å². The number of halogens is 2. The topological polar surface area (TPSA) is 49.3 Å². The zero-order valence-corrected chi connectivity index (χ0v) is 14.1. The first-order chi connectivity index (χ1) is 12.0. The molecule has 2 aliphatic carbocycles. The Balaban J connectivity index is 1.40. The monoisotopic (exact) mass is 348 g/mol. The minimum atomic E-state index is -2.65. The average molecular weight is 348 g/mol. The summed E-state index contributed by atoms with van der Waals surface area (Å²) in [5.74, 6) is -2.24. The summed E-state index contributed by atoms with van der Waals surface area (Å²) in [6.07, 6.45) is 5.55. The lowest BCUT2D eigenvalue weighted by molar-refractivity contribution is -0.164. The van der Waals surface area contributed by atoms with Crippen LogP contribution in [0.15, 0.2) is 6.20 Å². The van der Waals surface area contributed by atoms with Crippen LogP contribution in [0.4, 0.5) is 14.7 Å². The molecule has 0 N–H and O–H groups in total. The number of aromatic nitrogens is 2. The van der Waals surface area contributed by atoms with Crippen molar-refractivity contribution in [1.29, 1.82) is 0 Å². The summed E-state index contributed by atoms with van der Waals surface area (Å²) in [5, 5.41) is 0. The molecule has 2 saturated heterocycles. The number of anilines is 1. The highest BCUT2D eigenvalue weighted by molar-refractivity contribution is 5.81. The van der Waals surface area contributed by atoms with E-state index in [1.165, 1.54) is 12.8 Å². The van der Waals surface area contributed by atoms with Crippen molar-refractivity contribution in [3.8, 4) is 0 Å². The molecular formula is C18H22F2N4O. The predicted molar refractivity (Wildman–Crippen MR) is 87.6 cm³/mol. The first-order valence-corrected chi connectivity index (χ1v) is 9.32. The second-order valence-corrected chi connectivity index (χ2v) is 7.95. The fourth-order valence-corrected chi connectivity index (χ4v) is 4.88. The molecule has 4 heterocycles. The van der Waals surface area contributed by atoms with Gasteiger partial charge < -0.3 is 9.80 Å². The van der Waals surface area contributed by atoms with Crippen LogP contribution in [-0.2, 0) is 4.79 Å². The van der Waals surface area contributed by atoms with Crippen molar-refractivity contribution in [2.45, 2.75) is 56.4 Å². The minimum absolute atomic E-state index is 0.0330. The quantitative estimate of drug-likeness (QED) is 0.825. The molecule has 1 saturated carbocycles. The number of carbonyl (C=O) groups excluding carboxylic acids is 1. The number of hydrogen-bond acceptors (Lipinski definition) is 4. The van der Waals surface area contributed by atoms with Crippen LogP contribution in [0.5, 0.6) is 0 Å². The Labute approximate surface area is 145 Å². The van der Waals surface area contributed by atoms with E-state index in [0.29, 0.717) is 6.54 Å². The zero-order valence-electron chi connectivity index (χ0n) is 14.1. The van der Waals surface area contributed by atoms with Gasteiger partial charge in [0, 0.05) is 56.1 Å². The maximum absolute atomic E-state index is 13.1. The Hall–Kier alpha value is -1.79. The number of amides is 1. The molecule has 0 radical (unpaired) electrons. The molecule has 2 bridgehead atoms. The van der Waals surface area contributed by atoms with E-state index in [4.69, 9.17) is 4.98 Å². The first kappa shape index (κ1) is 15.5. The summed E-state index contributed by atoms with van der Waals surface area (Å²) in [6.45, 7) is 2.63. The largest absolute Gasteiger partial charge is 0.341 e. The second-order valence-electron chi connectivity index (χ2n) is 7.95. The molecule has 5 nitrogen and oxygen atoms in total. The van der Waals surface area contributed by atoms with Crippen molar-refractivity contribution in [2.75, 3.05) is 24.5 Å². The van der Waals surface area contributed by atoms with E-state index in [1.807, 2.05) is 11.1 Å². The number of nitrogens with zero attached hydrogens (tertiary/aromatic N) is 4. The molecule has 2 atom stereocenters. The van der Waals surface area contributed by atoms with Gasteiger partial charge in [-0.1, -0.05) is 0 Å². The van der Waals surface area contributed by atoms with Crippen LogP contribution in [0.3, 0.4) is 0 Å². The molecule has 7 heteroatoms. The lowest BCUT2D eigenvalue weighted by Crippen LogP contribution is -2.52. The summed E-state index contributed by atoms with van der Waals surface area (Å²) in [6, 6.07) is -0.0330. The van der Waals surface area contributed by atoms with Gasteiger partial charge in [0.1, 0.15) is 0 Å². The van der Waals surface area contributed by atoms with Gasteiger partial charge in [-0.2, -0.15) is 0 Å². The van der Waals surface area contributed by atoms with Crippen molar-refractivity contribution in [1.82, 2.24) is 14.9 Å². The normalized spacial score (nSPS) is 30.3. The summed E-state index contributed by atoms with van der Waals surface area (Å²) in [4.78, 5) is 26.1. The standard InChI is InChI=1S/C18H22F2N4O/c19-18(20)7-12(8-18)16(25)24-10-11-3-4-14(24)13-9-21-17(22-15(11)13)23-5-1-2-6-23/h9,11-12,14H,1-8,10H2. The van der Waals surface area contributed by atoms with Crippen LogP contribution in [0.2, 0.25) is 0 Å². The van der Waals surface area contributed by atoms with Crippen LogP contribution < -0.4 is 4.90 Å². The number of hydrogen-bond donors (Lipinski definition) is 0. The van der Waals surface area contributed by atoms with E-state index < -0.39 is 11.8 Å². The molecule has 3 aliphatic heterocycles. The fourth-order valence-electron chi connectivity index (χ4n) is 4.88. The van der Waals surface area contributed by atoms with Gasteiger partial charge in [-0.05, 0) is 25.7 Å². The van der Waals surface area contributed by atoms with Gasteiger partial charge in [-0.15, -0.1) is 0 Å². The minimum Gasteiger partial charge on any atom is -0.341 e. The molecular weight excluding hydrogens is 326 g/mol. The highest BCUT2D eigenvalue weighted by atomic mass is 19.3. The molecule has 6 rings (SSSR count). The zero-order chi connectivity index (χ0) is 17.2. The third-order valence-corrected chi connectivity index (χ3v) is 6.27. The van der Waals surface area contributed by atoms with Crippen LogP contribution in [0.1, 0.15) is 61.7 Å². The van der Waals surface area contributed by atoms with Crippen molar-refractivity contribution in [3.63, 3.8) is 0 Å². The number of alkyl halides is 2. The molecule has 3 fully saturated rings. The lowest BCUT2D eigenvalue weighted by Gasteiger charge is -2.48. The van der Waals surface area contributed by atoms with Gasteiger partial charge in [0.2, 0.25) is 17.8 Å². The average Bonchev–Trinajstić information content (AvgIpc) is 3.13. The van der Waals surface area contributed by atoms with Gasteiger partial charge in [0.15, 0.2) is 0 Å². The van der Waals surface area contributed by atoms with Crippen molar-refractivity contribution >= 4 is 11.9 Å². The van der Waals surface area contributed by atoms with Crippen LogP contribution in [0.25, 0.3) is 0 Å². The molecule has 1 aromatic heterocycles. The third kappa shape index (κ3) is 2.42. The van der Waals surface area contributed by atoms with E-state index in [0.717, 1.165) is 43.1 Å². The number of rotatable bonds is 2. The first-order valence-electron chi connectivity index (χ1n) is 9.32. The third-order valence-electron chi connectivity index (χ3n) is 6.27. The van der Waals surface area contributed by atoms with Crippen molar-refractivity contribution in [2.24, 2.45) is 5.92 Å². The molecule has 1 aromatic rings. The van der Waals surface area contributed by atoms with Gasteiger partial charge in [-0.25, -0.2) is 18.7 Å². The smallest absolute Gasteiger partial charge is 0.249 e. The number of fused-ring (bicyclic) bond motifs is 2. The van der Waals surface area contributed by atoms with Gasteiger partial charge in [0.25, 0.3) is 0 Å². The molecule has 0 aromatic carbocycles. The second kappa shape index (κ2) is 5.35. The van der Waals surface area contributed by atoms with E-state index in [-0.39, 0.29) is 30.7 Å². The summed E-state index contributed by atoms with van der Waals surface area (Å²) >= 11 is 0. The highest BCUT2D eigenvalue weighted by Crippen LogP contribution is 2.49. The maximum Gasteiger partial charge on any atom is 0.249 e. The van der Waals surface area contributed by atoms with Gasteiger partial charge in [0.05, 0.1) is 11.7 Å². The molecule has 25 heavy (non-hydrogen) atoms. The fraction of sp³-hybridized carbons (Fsp3) is 0.722. The molecule has 5 aliphatic rings. The van der Waals surface area contributed by atoms with E-state index in [2.05, 4.69) is 9.88 Å². The maximum atomic E-state index is 13.1. The summed E-state index contributed by atoms with van der Waals surface area (Å²) in [5.41, 5.74) is 2.11. The number of piperidine rings is 1. The molecule has 1 amide bonds. The van der Waals surface area contributed by atoms with Crippen LogP contribution in [0, 0.1) is 5.92 Å². The molecule has 2 unspecified atom stereocenters. The van der Waals surface area contributed by atoms with Crippen molar-refractivity contribution < 1.29 is 13.6 Å². The SMILES string of the molecule is O=C(C1CC(F)(F)C1)N1CC2CCC1c1cnc(N3CCCC3)nc12. The lowest BCUT2D eigenvalue weighted by atomic mass is 9.75. The molecule has 0 spiro atoms. The Bertz CT molecular complexity index is 711. The molecule has 134 valence electrons. The van der Waals surface area contributed by atoms with E-state index >= 15 is 0 Å². The Morgan fingerprint density at radius 3 is 2.68 bits per heavy atom. The van der Waals surface area contributed by atoms with Crippen molar-refractivity contribution in [3.05, 3.63) is 17.5 Å². The Kier molecular flexibility index (Phi) is 3.31. The van der Waals surface area contributed by atoms with E-state index in [1.54, 1.807) is 0 Å². The van der Waals surface area contributed by atoms with E-state index in [9.17, 15) is 13.6 Å². The highest BCUT2D eigenvalue weighted by Gasteiger charge is 2.52. The summed E-state index contributed by atoms with van der Waals surface area (Å²) in [7, 11) is 0. The predicted octanol–water partition coefficient (Wildman–Crippen LogP) is 2.88. The van der Waals surface area contributed by atoms with Crippen LogP contribution in [-0.4, -0.2) is 46.3 Å². The Morgan fingerprint density at radius 1 is 1.20 bits per heavy atom. The summed E-state index contributed by atoms with van der Waals surface area (Å²) < 4.78 is 26.3. The number of carbonyl (C=O) groups is 1. The Morgan fingerprint density at radius 2 is 1.96 bits per heavy atom. The van der Waals surface area contributed by atoms with Gasteiger partial charge >= 0.3 is 0 Å².